The van der Waals surface area contributed by atoms with Gasteiger partial charge in [-0.25, -0.2) is 0 Å². The number of halogens is 1. The summed E-state index contributed by atoms with van der Waals surface area (Å²) in [5, 5.41) is 0. The predicted octanol–water partition coefficient (Wildman–Crippen LogP) is 2.79. The highest BCUT2D eigenvalue weighted by Gasteiger charge is 1.91. The smallest absolute Gasteiger partial charge is 0.228 e. The van der Waals surface area contributed by atoms with E-state index in [9.17, 15) is 0 Å². The average Bonchev–Trinajstić information content (AvgIpc) is 1.88. The molecule has 3 heteroatoms. The van der Waals surface area contributed by atoms with Crippen LogP contribution >= 0.6 is 34.8 Å². The van der Waals surface area contributed by atoms with E-state index in [1.165, 1.54) is 0 Å². The van der Waals surface area contributed by atoms with Gasteiger partial charge in [0.15, 0.2) is 0 Å². The molecule has 1 aromatic carbocycles. The quantitative estimate of drug-likeness (QED) is 0.438. The van der Waals surface area contributed by atoms with Crippen molar-refractivity contribution in [2.45, 2.75) is 0 Å². The summed E-state index contributed by atoms with van der Waals surface area (Å²) in [4.78, 5) is 0. The van der Waals surface area contributed by atoms with Gasteiger partial charge in [0.25, 0.3) is 0 Å². The Morgan fingerprint density at radius 1 is 1.30 bits per heavy atom. The van der Waals surface area contributed by atoms with Crippen molar-refractivity contribution in [2.24, 2.45) is 0 Å². The third-order valence-electron chi connectivity index (χ3n) is 0.941. The molecule has 0 saturated heterocycles. The fourth-order valence-corrected chi connectivity index (χ4v) is 0.932. The van der Waals surface area contributed by atoms with E-state index in [0.717, 1.165) is 5.75 Å². The van der Waals surface area contributed by atoms with E-state index < -0.39 is 0 Å². The molecular weight excluding hydrogens is 259 g/mol. The van der Waals surface area contributed by atoms with E-state index in [2.05, 4.69) is 0 Å². The van der Waals surface area contributed by atoms with Crippen molar-refractivity contribution in [3.8, 4) is 5.75 Å². The molecule has 0 amide bonds. The van der Waals surface area contributed by atoms with Crippen molar-refractivity contribution in [3.05, 3.63) is 30.3 Å². The van der Waals surface area contributed by atoms with E-state index in [0.29, 0.717) is 3.06 Å². The van der Waals surface area contributed by atoms with E-state index in [1.807, 2.05) is 52.9 Å². The van der Waals surface area contributed by atoms with Crippen LogP contribution in [0.25, 0.3) is 0 Å². The Morgan fingerprint density at radius 3 is 2.40 bits per heavy atom. The van der Waals surface area contributed by atoms with Crippen LogP contribution in [0.15, 0.2) is 30.3 Å². The van der Waals surface area contributed by atoms with Gasteiger partial charge in [-0.3, -0.25) is 0 Å². The molecule has 0 N–H and O–H groups in total. The van der Waals surface area contributed by atoms with Crippen molar-refractivity contribution < 1.29 is 4.74 Å². The van der Waals surface area contributed by atoms with Crippen LogP contribution in [-0.4, -0.2) is 3.06 Å². The maximum atomic E-state index is 5.13. The first-order valence-corrected chi connectivity index (χ1v) is 4.20. The number of rotatable bonds is 1. The molecular formula is C7H5IOS. The molecule has 0 radical (unpaired) electrons. The normalized spacial score (nSPS) is 8.90. The highest BCUT2D eigenvalue weighted by molar-refractivity contribution is 14.1. The van der Waals surface area contributed by atoms with Gasteiger partial charge in [0.1, 0.15) is 5.75 Å². The first-order valence-electron chi connectivity index (χ1n) is 2.71. The van der Waals surface area contributed by atoms with Gasteiger partial charge >= 0.3 is 0 Å². The third kappa shape index (κ3) is 2.62. The number of hydrogen-bond donors (Lipinski definition) is 0. The fourth-order valence-electron chi connectivity index (χ4n) is 0.581. The van der Waals surface area contributed by atoms with Gasteiger partial charge < -0.3 is 4.74 Å². The van der Waals surface area contributed by atoms with Crippen LogP contribution in [0.3, 0.4) is 0 Å². The minimum Gasteiger partial charge on any atom is -0.440 e. The Hall–Kier alpha value is -0.160. The van der Waals surface area contributed by atoms with Gasteiger partial charge in [-0.05, 0) is 24.4 Å². The zero-order chi connectivity index (χ0) is 7.40. The molecule has 0 spiro atoms. The topological polar surface area (TPSA) is 9.23 Å². The summed E-state index contributed by atoms with van der Waals surface area (Å²) in [6.07, 6.45) is 0. The molecule has 0 aromatic heterocycles. The molecule has 52 valence electrons. The largest absolute Gasteiger partial charge is 0.440 e. The molecule has 0 aliphatic carbocycles. The summed E-state index contributed by atoms with van der Waals surface area (Å²) < 4.78 is 5.65. The summed E-state index contributed by atoms with van der Waals surface area (Å²) in [6.45, 7) is 0. The molecule has 0 bridgehead atoms. The molecule has 0 aliphatic rings. The molecule has 0 aliphatic heterocycles. The van der Waals surface area contributed by atoms with Crippen molar-refractivity contribution >= 4 is 37.9 Å². The number of para-hydroxylation sites is 1. The number of benzene rings is 1. The van der Waals surface area contributed by atoms with Gasteiger partial charge in [0.2, 0.25) is 3.06 Å². The van der Waals surface area contributed by atoms with Crippen molar-refractivity contribution in [2.75, 3.05) is 0 Å². The molecule has 10 heavy (non-hydrogen) atoms. The minimum absolute atomic E-state index is 0.517. The lowest BCUT2D eigenvalue weighted by Gasteiger charge is -1.98. The fraction of sp³-hybridized carbons (Fsp3) is 0. The van der Waals surface area contributed by atoms with Crippen molar-refractivity contribution in [1.29, 1.82) is 0 Å². The van der Waals surface area contributed by atoms with Crippen LogP contribution in [0.4, 0.5) is 0 Å². The molecule has 0 saturated carbocycles. The molecule has 1 nitrogen and oxygen atoms in total. The molecule has 1 rings (SSSR count). The van der Waals surface area contributed by atoms with Crippen LogP contribution < -0.4 is 4.74 Å². The second-order valence-electron chi connectivity index (χ2n) is 1.65. The van der Waals surface area contributed by atoms with E-state index in [-0.39, 0.29) is 0 Å². The maximum absolute atomic E-state index is 5.13. The molecule has 0 unspecified atom stereocenters. The SMILES string of the molecule is S=C(I)Oc1ccccc1. The number of thiocarbonyl (C=S) groups is 1. The van der Waals surface area contributed by atoms with Gasteiger partial charge in [-0.2, -0.15) is 0 Å². The average molecular weight is 264 g/mol. The summed E-state index contributed by atoms with van der Waals surface area (Å²) >= 11 is 6.70. The van der Waals surface area contributed by atoms with E-state index in [4.69, 9.17) is 17.0 Å². The summed E-state index contributed by atoms with van der Waals surface area (Å²) in [5.74, 6) is 0.793. The van der Waals surface area contributed by atoms with Gasteiger partial charge in [-0.1, -0.05) is 18.2 Å². The molecule has 0 heterocycles. The number of hydrogen-bond acceptors (Lipinski definition) is 2. The number of ether oxygens (including phenoxy) is 1. The lowest BCUT2D eigenvalue weighted by Crippen LogP contribution is -1.93. The minimum atomic E-state index is 0.517. The van der Waals surface area contributed by atoms with Crippen LogP contribution in [0.1, 0.15) is 0 Å². The predicted molar refractivity (Wildman–Crippen MR) is 53.7 cm³/mol. The Labute approximate surface area is 78.5 Å². The second-order valence-corrected chi connectivity index (χ2v) is 3.74. The van der Waals surface area contributed by atoms with Crippen LogP contribution in [-0.2, 0) is 0 Å². The lowest BCUT2D eigenvalue weighted by molar-refractivity contribution is 0.583. The zero-order valence-electron chi connectivity index (χ0n) is 5.08. The van der Waals surface area contributed by atoms with Gasteiger partial charge in [0, 0.05) is 22.6 Å². The first-order chi connectivity index (χ1) is 4.79. The summed E-state index contributed by atoms with van der Waals surface area (Å²) in [7, 11) is 0. The van der Waals surface area contributed by atoms with Gasteiger partial charge in [0.05, 0.1) is 0 Å². The highest BCUT2D eigenvalue weighted by Crippen LogP contribution is 2.10. The second kappa shape index (κ2) is 3.88. The van der Waals surface area contributed by atoms with Gasteiger partial charge in [-0.15, -0.1) is 0 Å². The van der Waals surface area contributed by atoms with E-state index in [1.54, 1.807) is 0 Å². The lowest BCUT2D eigenvalue weighted by atomic mass is 10.3. The van der Waals surface area contributed by atoms with E-state index >= 15 is 0 Å². The maximum Gasteiger partial charge on any atom is 0.228 e. The van der Waals surface area contributed by atoms with Crippen LogP contribution in [0.2, 0.25) is 0 Å². The summed E-state index contributed by atoms with van der Waals surface area (Å²) in [5.41, 5.74) is 0. The summed E-state index contributed by atoms with van der Waals surface area (Å²) in [6, 6.07) is 9.48. The zero-order valence-corrected chi connectivity index (χ0v) is 8.06. The Kier molecular flexibility index (Phi) is 3.08. The molecule has 0 fully saturated rings. The standard InChI is InChI=1S/C7H5IOS/c8-7(10)9-6-4-2-1-3-5-6/h1-5H. The first kappa shape index (κ1) is 7.94. The van der Waals surface area contributed by atoms with Crippen molar-refractivity contribution in [3.63, 3.8) is 0 Å². The molecule has 0 atom stereocenters. The molecule has 1 aromatic rings. The van der Waals surface area contributed by atoms with Crippen molar-refractivity contribution in [1.82, 2.24) is 0 Å². The highest BCUT2D eigenvalue weighted by atomic mass is 127. The monoisotopic (exact) mass is 264 g/mol. The Balaban J connectivity index is 2.67. The van der Waals surface area contributed by atoms with Crippen LogP contribution in [0, 0.1) is 0 Å². The Bertz CT molecular complexity index is 222. The van der Waals surface area contributed by atoms with Crippen LogP contribution in [0.5, 0.6) is 5.75 Å². The third-order valence-corrected chi connectivity index (χ3v) is 1.24. The Morgan fingerprint density at radius 2 is 1.90 bits per heavy atom.